The Hall–Kier alpha value is -1.55. The molecule has 2 amide bonds. The second kappa shape index (κ2) is 4.62. The van der Waals surface area contributed by atoms with Gasteiger partial charge in [-0.2, -0.15) is 0 Å². The van der Waals surface area contributed by atoms with Crippen LogP contribution in [-0.2, 0) is 0 Å². The van der Waals surface area contributed by atoms with Gasteiger partial charge in [-0.05, 0) is 23.6 Å². The summed E-state index contributed by atoms with van der Waals surface area (Å²) in [6.07, 6.45) is 0. The number of urea groups is 1. The number of amides is 2. The molecule has 0 saturated heterocycles. The molecule has 4 heteroatoms. The molecule has 0 unspecified atom stereocenters. The molecule has 3 N–H and O–H groups in total. The van der Waals surface area contributed by atoms with E-state index in [-0.39, 0.29) is 0 Å². The zero-order valence-corrected chi connectivity index (χ0v) is 8.24. The van der Waals surface area contributed by atoms with Crippen LogP contribution in [0.5, 0.6) is 0 Å². The second-order valence-corrected chi connectivity index (χ2v) is 3.35. The molecular formula is C10H14N2O2. The first-order chi connectivity index (χ1) is 6.63. The van der Waals surface area contributed by atoms with E-state index in [1.807, 2.05) is 18.2 Å². The van der Waals surface area contributed by atoms with Crippen LogP contribution in [0.25, 0.3) is 0 Å². The summed E-state index contributed by atoms with van der Waals surface area (Å²) in [4.78, 5) is 10.8. The molecule has 0 saturated carbocycles. The molecule has 76 valence electrons. The Morgan fingerprint density at radius 2 is 2.14 bits per heavy atom. The van der Waals surface area contributed by atoms with Gasteiger partial charge in [0.15, 0.2) is 0 Å². The third-order valence-corrected chi connectivity index (χ3v) is 1.91. The molecule has 0 fully saturated rings. The molecule has 0 radical (unpaired) electrons. The van der Waals surface area contributed by atoms with Crippen molar-refractivity contribution in [3.8, 4) is 0 Å². The highest BCUT2D eigenvalue weighted by atomic mass is 16.5. The van der Waals surface area contributed by atoms with Crippen LogP contribution in [0.3, 0.4) is 0 Å². The van der Waals surface area contributed by atoms with Crippen molar-refractivity contribution in [1.82, 2.24) is 5.48 Å². The monoisotopic (exact) mass is 194 g/mol. The van der Waals surface area contributed by atoms with Gasteiger partial charge in [-0.3, -0.25) is 5.21 Å². The van der Waals surface area contributed by atoms with Gasteiger partial charge in [0, 0.05) is 5.69 Å². The molecule has 0 aliphatic heterocycles. The number of anilines is 1. The first-order valence-electron chi connectivity index (χ1n) is 4.44. The number of hydroxylamine groups is 1. The fourth-order valence-electron chi connectivity index (χ4n) is 1.13. The highest BCUT2D eigenvalue weighted by molar-refractivity contribution is 5.88. The predicted octanol–water partition coefficient (Wildman–Crippen LogP) is 2.32. The molecule has 1 aromatic rings. The summed E-state index contributed by atoms with van der Waals surface area (Å²) >= 11 is 0. The van der Waals surface area contributed by atoms with Gasteiger partial charge in [0.05, 0.1) is 0 Å². The summed E-state index contributed by atoms with van der Waals surface area (Å²) in [7, 11) is 0. The molecular weight excluding hydrogens is 180 g/mol. The summed E-state index contributed by atoms with van der Waals surface area (Å²) in [6.45, 7) is 4.15. The first-order valence-corrected chi connectivity index (χ1v) is 4.44. The summed E-state index contributed by atoms with van der Waals surface area (Å²) in [5.41, 5.74) is 3.32. The lowest BCUT2D eigenvalue weighted by atomic mass is 10.0. The SMILES string of the molecule is CC(C)c1cccc(NC(=O)NO)c1. The average molecular weight is 194 g/mol. The predicted molar refractivity (Wildman–Crippen MR) is 54.5 cm³/mol. The zero-order valence-electron chi connectivity index (χ0n) is 8.24. The fourth-order valence-corrected chi connectivity index (χ4v) is 1.13. The Labute approximate surface area is 82.9 Å². The van der Waals surface area contributed by atoms with Gasteiger partial charge in [0.1, 0.15) is 0 Å². The summed E-state index contributed by atoms with van der Waals surface area (Å²) < 4.78 is 0. The lowest BCUT2D eigenvalue weighted by molar-refractivity contribution is 0.172. The number of carbonyl (C=O) groups is 1. The minimum absolute atomic E-state index is 0.411. The van der Waals surface area contributed by atoms with Crippen molar-refractivity contribution in [3.05, 3.63) is 29.8 Å². The van der Waals surface area contributed by atoms with Crippen LogP contribution >= 0.6 is 0 Å². The number of hydrogen-bond donors (Lipinski definition) is 3. The topological polar surface area (TPSA) is 61.4 Å². The number of carbonyl (C=O) groups excluding carboxylic acids is 1. The van der Waals surface area contributed by atoms with Crippen molar-refractivity contribution in [1.29, 1.82) is 0 Å². The molecule has 0 aromatic heterocycles. The Balaban J connectivity index is 2.78. The quantitative estimate of drug-likeness (QED) is 0.499. The van der Waals surface area contributed by atoms with Gasteiger partial charge in [0.25, 0.3) is 0 Å². The largest absolute Gasteiger partial charge is 0.342 e. The van der Waals surface area contributed by atoms with Crippen molar-refractivity contribution < 1.29 is 10.0 Å². The molecule has 0 spiro atoms. The van der Waals surface area contributed by atoms with E-state index in [2.05, 4.69) is 19.2 Å². The van der Waals surface area contributed by atoms with Gasteiger partial charge in [-0.1, -0.05) is 26.0 Å². The van der Waals surface area contributed by atoms with E-state index < -0.39 is 6.03 Å². The molecule has 0 heterocycles. The maximum Gasteiger partial charge on any atom is 0.342 e. The molecule has 14 heavy (non-hydrogen) atoms. The molecule has 0 bridgehead atoms. The van der Waals surface area contributed by atoms with Crippen LogP contribution < -0.4 is 10.8 Å². The Bertz CT molecular complexity index is 324. The van der Waals surface area contributed by atoms with Crippen molar-refractivity contribution >= 4 is 11.7 Å². The lowest BCUT2D eigenvalue weighted by Gasteiger charge is -2.08. The van der Waals surface area contributed by atoms with Gasteiger partial charge in [-0.25, -0.2) is 10.3 Å². The highest BCUT2D eigenvalue weighted by Gasteiger charge is 2.02. The summed E-state index contributed by atoms with van der Waals surface area (Å²) in [5.74, 6) is 0.411. The minimum Gasteiger partial charge on any atom is -0.306 e. The normalized spacial score (nSPS) is 10.0. The molecule has 1 rings (SSSR count). The maximum absolute atomic E-state index is 10.8. The van der Waals surface area contributed by atoms with Crippen molar-refractivity contribution in [2.45, 2.75) is 19.8 Å². The van der Waals surface area contributed by atoms with Crippen LogP contribution in [0.15, 0.2) is 24.3 Å². The molecule has 0 aliphatic carbocycles. The highest BCUT2D eigenvalue weighted by Crippen LogP contribution is 2.18. The fraction of sp³-hybridized carbons (Fsp3) is 0.300. The van der Waals surface area contributed by atoms with Gasteiger partial charge in [0.2, 0.25) is 0 Å². The van der Waals surface area contributed by atoms with E-state index in [9.17, 15) is 4.79 Å². The first kappa shape index (κ1) is 10.5. The minimum atomic E-state index is -0.633. The van der Waals surface area contributed by atoms with Crippen LogP contribution in [-0.4, -0.2) is 11.2 Å². The van der Waals surface area contributed by atoms with Gasteiger partial charge >= 0.3 is 6.03 Å². The zero-order chi connectivity index (χ0) is 10.6. The van der Waals surface area contributed by atoms with Crippen molar-refractivity contribution in [2.24, 2.45) is 0 Å². The van der Waals surface area contributed by atoms with Crippen molar-refractivity contribution in [3.63, 3.8) is 0 Å². The second-order valence-electron chi connectivity index (χ2n) is 3.35. The Kier molecular flexibility index (Phi) is 3.48. The summed E-state index contributed by atoms with van der Waals surface area (Å²) in [5, 5.41) is 10.8. The van der Waals surface area contributed by atoms with E-state index >= 15 is 0 Å². The Morgan fingerprint density at radius 1 is 1.43 bits per heavy atom. The van der Waals surface area contributed by atoms with Crippen LogP contribution in [0, 0.1) is 0 Å². The maximum atomic E-state index is 10.8. The lowest BCUT2D eigenvalue weighted by Crippen LogP contribution is -2.25. The summed E-state index contributed by atoms with van der Waals surface area (Å²) in [6, 6.07) is 6.86. The molecule has 4 nitrogen and oxygen atoms in total. The Morgan fingerprint density at radius 3 is 2.71 bits per heavy atom. The number of nitrogens with one attached hydrogen (secondary N) is 2. The molecule has 1 aromatic carbocycles. The number of hydrogen-bond acceptors (Lipinski definition) is 2. The molecule has 0 atom stereocenters. The van der Waals surface area contributed by atoms with Gasteiger partial charge in [-0.15, -0.1) is 0 Å². The van der Waals surface area contributed by atoms with Crippen molar-refractivity contribution in [2.75, 3.05) is 5.32 Å². The standard InChI is InChI=1S/C10H14N2O2/c1-7(2)8-4-3-5-9(6-8)11-10(13)12-14/h3-7,14H,1-2H3,(H2,11,12,13). The van der Waals surface area contributed by atoms with Crippen LogP contribution in [0.1, 0.15) is 25.3 Å². The third kappa shape index (κ3) is 2.74. The number of rotatable bonds is 2. The van der Waals surface area contributed by atoms with Crippen LogP contribution in [0.4, 0.5) is 10.5 Å². The van der Waals surface area contributed by atoms with Gasteiger partial charge < -0.3 is 5.32 Å². The van der Waals surface area contributed by atoms with Crippen LogP contribution in [0.2, 0.25) is 0 Å². The smallest absolute Gasteiger partial charge is 0.306 e. The van der Waals surface area contributed by atoms with E-state index in [1.165, 1.54) is 5.48 Å². The van der Waals surface area contributed by atoms with E-state index in [1.54, 1.807) is 6.07 Å². The number of benzene rings is 1. The third-order valence-electron chi connectivity index (χ3n) is 1.91. The van der Waals surface area contributed by atoms with E-state index in [0.717, 1.165) is 5.56 Å². The average Bonchev–Trinajstić information content (AvgIpc) is 2.18. The van der Waals surface area contributed by atoms with E-state index in [4.69, 9.17) is 5.21 Å². The van der Waals surface area contributed by atoms with E-state index in [0.29, 0.717) is 11.6 Å². The molecule has 0 aliphatic rings.